The van der Waals surface area contributed by atoms with Gasteiger partial charge in [0, 0.05) is 11.6 Å². The molecule has 62 valence electrons. The van der Waals surface area contributed by atoms with Crippen molar-refractivity contribution in [2.24, 2.45) is 0 Å². The van der Waals surface area contributed by atoms with Crippen LogP contribution in [0.15, 0.2) is 24.3 Å². The van der Waals surface area contributed by atoms with Crippen LogP contribution in [0.5, 0.6) is 0 Å². The third-order valence-corrected chi connectivity index (χ3v) is 3.19. The molecule has 1 heterocycles. The maximum absolute atomic E-state index is 2.28. The maximum Gasteiger partial charge on any atom is 0.220 e. The van der Waals surface area contributed by atoms with Crippen molar-refractivity contribution in [3.63, 3.8) is 0 Å². The second-order valence-electron chi connectivity index (χ2n) is 2.96. The van der Waals surface area contributed by atoms with Gasteiger partial charge in [0.2, 0.25) is 10.7 Å². The summed E-state index contributed by atoms with van der Waals surface area (Å²) in [5, 5.41) is 1.44. The molecule has 0 spiro atoms. The number of thioether (sulfide) groups is 1. The predicted molar refractivity (Wildman–Crippen MR) is 54.5 cm³/mol. The van der Waals surface area contributed by atoms with E-state index in [2.05, 4.69) is 42.1 Å². The molecule has 0 saturated carbocycles. The summed E-state index contributed by atoms with van der Waals surface area (Å²) >= 11 is 1.84. The summed E-state index contributed by atoms with van der Waals surface area (Å²) in [6.07, 6.45) is 3.24. The number of nitrogens with zero attached hydrogens (tertiary/aromatic N) is 1. The largest absolute Gasteiger partial charge is 0.220 e. The molecule has 2 rings (SSSR count). The van der Waals surface area contributed by atoms with Crippen LogP contribution in [-0.2, 0) is 6.42 Å². The Hall–Kier alpha value is -0.760. The molecule has 2 heteroatoms. The van der Waals surface area contributed by atoms with Crippen molar-refractivity contribution in [3.05, 3.63) is 29.8 Å². The van der Waals surface area contributed by atoms with E-state index in [0.29, 0.717) is 0 Å². The van der Waals surface area contributed by atoms with Crippen LogP contribution in [0.25, 0.3) is 0 Å². The van der Waals surface area contributed by atoms with Crippen molar-refractivity contribution in [1.82, 2.24) is 0 Å². The van der Waals surface area contributed by atoms with Crippen LogP contribution in [0.1, 0.15) is 5.56 Å². The fourth-order valence-corrected chi connectivity index (χ4v) is 2.28. The molecule has 1 aromatic rings. The molecule has 1 nitrogen and oxygen atoms in total. The van der Waals surface area contributed by atoms with Gasteiger partial charge in [0.05, 0.1) is 6.42 Å². The van der Waals surface area contributed by atoms with E-state index in [1.54, 1.807) is 0 Å². The van der Waals surface area contributed by atoms with Gasteiger partial charge in [-0.25, -0.2) is 0 Å². The van der Waals surface area contributed by atoms with Crippen molar-refractivity contribution in [2.75, 3.05) is 13.3 Å². The van der Waals surface area contributed by atoms with Gasteiger partial charge in [-0.15, -0.1) is 0 Å². The summed E-state index contributed by atoms with van der Waals surface area (Å²) in [6.45, 7) is 0. The molecule has 1 aliphatic heterocycles. The lowest BCUT2D eigenvalue weighted by atomic mass is 10.2. The molecule has 0 saturated heterocycles. The first-order chi connectivity index (χ1) is 5.83. The highest BCUT2D eigenvalue weighted by Gasteiger charge is 2.24. The van der Waals surface area contributed by atoms with E-state index in [9.17, 15) is 0 Å². The van der Waals surface area contributed by atoms with Crippen molar-refractivity contribution in [3.8, 4) is 0 Å². The van der Waals surface area contributed by atoms with E-state index < -0.39 is 0 Å². The van der Waals surface area contributed by atoms with Gasteiger partial charge in [-0.1, -0.05) is 30.0 Å². The van der Waals surface area contributed by atoms with Gasteiger partial charge in [-0.2, -0.15) is 4.58 Å². The third-order valence-electron chi connectivity index (χ3n) is 2.30. The number of hydrogen-bond acceptors (Lipinski definition) is 1. The van der Waals surface area contributed by atoms with Gasteiger partial charge in [0.15, 0.2) is 0 Å². The number of rotatable bonds is 0. The van der Waals surface area contributed by atoms with Crippen LogP contribution in [0, 0.1) is 0 Å². The predicted octanol–water partition coefficient (Wildman–Crippen LogP) is 2.28. The zero-order chi connectivity index (χ0) is 8.55. The zero-order valence-corrected chi connectivity index (χ0v) is 8.19. The summed E-state index contributed by atoms with van der Waals surface area (Å²) < 4.78 is 2.28. The average Bonchev–Trinajstić information content (AvgIpc) is 2.44. The van der Waals surface area contributed by atoms with E-state index in [4.69, 9.17) is 0 Å². The summed E-state index contributed by atoms with van der Waals surface area (Å²) in [4.78, 5) is 0. The fourth-order valence-electron chi connectivity index (χ4n) is 1.61. The summed E-state index contributed by atoms with van der Waals surface area (Å²) in [5.41, 5.74) is 2.81. The Balaban J connectivity index is 2.50. The standard InChI is InChI=1S/C10H12NS/c1-11-9-6-4-3-5-8(9)7-10(11)12-2/h3-6H,7H2,1-2H3/q+1. The van der Waals surface area contributed by atoms with Crippen molar-refractivity contribution >= 4 is 22.5 Å². The fraction of sp³-hybridized carbons (Fsp3) is 0.300. The van der Waals surface area contributed by atoms with Crippen LogP contribution in [0.2, 0.25) is 0 Å². The molecule has 0 radical (unpaired) electrons. The zero-order valence-electron chi connectivity index (χ0n) is 7.37. The first kappa shape index (κ1) is 7.87. The van der Waals surface area contributed by atoms with E-state index >= 15 is 0 Å². The smallest absolute Gasteiger partial charge is 0.193 e. The number of fused-ring (bicyclic) bond motifs is 1. The van der Waals surface area contributed by atoms with Gasteiger partial charge in [-0.05, 0) is 6.26 Å². The Kier molecular flexibility index (Phi) is 1.93. The number of benzene rings is 1. The summed E-state index contributed by atoms with van der Waals surface area (Å²) in [6, 6.07) is 8.59. The topological polar surface area (TPSA) is 3.01 Å². The maximum atomic E-state index is 2.28. The Morgan fingerprint density at radius 2 is 2.08 bits per heavy atom. The van der Waals surface area contributed by atoms with Crippen molar-refractivity contribution < 1.29 is 4.58 Å². The first-order valence-electron chi connectivity index (χ1n) is 4.04. The quantitative estimate of drug-likeness (QED) is 0.551. The minimum atomic E-state index is 1.10. The lowest BCUT2D eigenvalue weighted by Gasteiger charge is -1.92. The van der Waals surface area contributed by atoms with Gasteiger partial charge in [-0.3, -0.25) is 0 Å². The van der Waals surface area contributed by atoms with Gasteiger partial charge in [0.1, 0.15) is 7.05 Å². The molecule has 0 unspecified atom stereocenters. The molecule has 1 aliphatic rings. The summed E-state index contributed by atoms with van der Waals surface area (Å²) in [5.74, 6) is 0. The number of para-hydroxylation sites is 1. The average molecular weight is 178 g/mol. The highest BCUT2D eigenvalue weighted by atomic mass is 32.2. The van der Waals surface area contributed by atoms with Crippen LogP contribution < -0.4 is 0 Å². The molecule has 0 bridgehead atoms. The molecule has 0 N–H and O–H groups in total. The van der Waals surface area contributed by atoms with Crippen LogP contribution >= 0.6 is 11.8 Å². The lowest BCUT2D eigenvalue weighted by Crippen LogP contribution is -2.02. The van der Waals surface area contributed by atoms with E-state index in [-0.39, 0.29) is 0 Å². The SMILES string of the molecule is CSC1=[N+](C)c2ccccc2C1. The van der Waals surface area contributed by atoms with Crippen LogP contribution in [-0.4, -0.2) is 22.9 Å². The molecular weight excluding hydrogens is 166 g/mol. The van der Waals surface area contributed by atoms with E-state index in [1.165, 1.54) is 16.3 Å². The normalized spacial score (nSPS) is 15.2. The van der Waals surface area contributed by atoms with E-state index in [1.807, 2.05) is 11.8 Å². The molecule has 12 heavy (non-hydrogen) atoms. The molecular formula is C10H12NS+. The monoisotopic (exact) mass is 178 g/mol. The van der Waals surface area contributed by atoms with E-state index in [0.717, 1.165) is 6.42 Å². The Labute approximate surface area is 77.1 Å². The Morgan fingerprint density at radius 3 is 2.75 bits per heavy atom. The van der Waals surface area contributed by atoms with Gasteiger partial charge in [0.25, 0.3) is 0 Å². The molecule has 0 amide bonds. The summed E-state index contributed by atoms with van der Waals surface area (Å²) in [7, 11) is 2.14. The highest BCUT2D eigenvalue weighted by Crippen LogP contribution is 2.27. The Bertz CT molecular complexity index is 341. The minimum Gasteiger partial charge on any atom is -0.193 e. The van der Waals surface area contributed by atoms with Crippen LogP contribution in [0.4, 0.5) is 5.69 Å². The van der Waals surface area contributed by atoms with Gasteiger partial charge < -0.3 is 0 Å². The van der Waals surface area contributed by atoms with Gasteiger partial charge >= 0.3 is 0 Å². The van der Waals surface area contributed by atoms with Crippen molar-refractivity contribution in [2.45, 2.75) is 6.42 Å². The minimum absolute atomic E-state index is 1.10. The van der Waals surface area contributed by atoms with Crippen molar-refractivity contribution in [1.29, 1.82) is 0 Å². The second kappa shape index (κ2) is 2.94. The molecule has 1 aromatic carbocycles. The first-order valence-corrected chi connectivity index (χ1v) is 5.27. The molecule has 0 fully saturated rings. The lowest BCUT2D eigenvalue weighted by molar-refractivity contribution is -0.398. The molecule has 0 atom stereocenters. The molecule has 0 aromatic heterocycles. The second-order valence-corrected chi connectivity index (χ2v) is 3.84. The van der Waals surface area contributed by atoms with Crippen LogP contribution in [0.3, 0.4) is 0 Å². The molecule has 0 aliphatic carbocycles. The Morgan fingerprint density at radius 1 is 1.33 bits per heavy atom. The number of hydrogen-bond donors (Lipinski definition) is 0. The third kappa shape index (κ3) is 1.07. The highest BCUT2D eigenvalue weighted by molar-refractivity contribution is 8.13.